The number of ether oxygens (including phenoxy) is 1. The van der Waals surface area contributed by atoms with E-state index in [2.05, 4.69) is 10.0 Å². The lowest BCUT2D eigenvalue weighted by molar-refractivity contribution is 0.102. The lowest BCUT2D eigenvalue weighted by Gasteiger charge is -2.13. The number of methoxy groups -OCH3 is 1. The van der Waals surface area contributed by atoms with Gasteiger partial charge in [0.25, 0.3) is 15.9 Å². The minimum Gasteiger partial charge on any atom is -0.497 e. The second-order valence-corrected chi connectivity index (χ2v) is 8.23. The summed E-state index contributed by atoms with van der Waals surface area (Å²) in [7, 11) is -2.30. The molecule has 0 aromatic heterocycles. The number of rotatable bonds is 6. The zero-order valence-electron chi connectivity index (χ0n) is 16.4. The van der Waals surface area contributed by atoms with Crippen LogP contribution in [0.2, 0.25) is 0 Å². The van der Waals surface area contributed by atoms with Gasteiger partial charge in [-0.25, -0.2) is 8.42 Å². The Morgan fingerprint density at radius 2 is 1.52 bits per heavy atom. The molecular weight excluding hydrogens is 388 g/mol. The molecule has 6 nitrogen and oxygen atoms in total. The first kappa shape index (κ1) is 20.4. The third kappa shape index (κ3) is 4.75. The van der Waals surface area contributed by atoms with Gasteiger partial charge in [0.1, 0.15) is 5.75 Å². The predicted molar refractivity (Wildman–Crippen MR) is 114 cm³/mol. The number of anilines is 2. The van der Waals surface area contributed by atoms with Crippen LogP contribution in [-0.2, 0) is 10.0 Å². The standard InChI is InChI=1S/C22H22N2O4S/c1-15-6-4-5-7-20(15)22(25)23-18-9-8-16(2)21(14-18)29(26,27)24-17-10-12-19(28-3)13-11-17/h4-14,24H,1-3H3,(H,23,25). The molecule has 29 heavy (non-hydrogen) atoms. The topological polar surface area (TPSA) is 84.5 Å². The van der Waals surface area contributed by atoms with E-state index >= 15 is 0 Å². The van der Waals surface area contributed by atoms with Gasteiger partial charge in [0.15, 0.2) is 0 Å². The van der Waals surface area contributed by atoms with Crippen LogP contribution in [0.3, 0.4) is 0 Å². The van der Waals surface area contributed by atoms with Crippen LogP contribution in [0.1, 0.15) is 21.5 Å². The first-order chi connectivity index (χ1) is 13.8. The highest BCUT2D eigenvalue weighted by Gasteiger charge is 2.19. The quantitative estimate of drug-likeness (QED) is 0.632. The number of benzene rings is 3. The van der Waals surface area contributed by atoms with Gasteiger partial charge < -0.3 is 10.1 Å². The molecule has 0 aliphatic heterocycles. The predicted octanol–water partition coefficient (Wildman–Crippen LogP) is 4.37. The van der Waals surface area contributed by atoms with Crippen LogP contribution in [0.5, 0.6) is 5.75 Å². The zero-order chi connectivity index (χ0) is 21.0. The van der Waals surface area contributed by atoms with Gasteiger partial charge in [0, 0.05) is 16.9 Å². The summed E-state index contributed by atoms with van der Waals surface area (Å²) in [4.78, 5) is 12.6. The molecule has 3 rings (SSSR count). The van der Waals surface area contributed by atoms with Crippen molar-refractivity contribution < 1.29 is 17.9 Å². The average molecular weight is 410 g/mol. The summed E-state index contributed by atoms with van der Waals surface area (Å²) in [5, 5.41) is 2.77. The molecule has 0 bridgehead atoms. The maximum atomic E-state index is 12.9. The van der Waals surface area contributed by atoms with Crippen LogP contribution in [0.25, 0.3) is 0 Å². The third-order valence-electron chi connectivity index (χ3n) is 4.47. The molecule has 0 radical (unpaired) electrons. The number of aryl methyl sites for hydroxylation is 2. The van der Waals surface area contributed by atoms with E-state index in [0.29, 0.717) is 28.3 Å². The molecule has 0 saturated carbocycles. The van der Waals surface area contributed by atoms with Crippen LogP contribution >= 0.6 is 0 Å². The molecule has 0 unspecified atom stereocenters. The fraction of sp³-hybridized carbons (Fsp3) is 0.136. The highest BCUT2D eigenvalue weighted by Crippen LogP contribution is 2.24. The SMILES string of the molecule is COc1ccc(NS(=O)(=O)c2cc(NC(=O)c3ccccc3C)ccc2C)cc1. The number of nitrogens with one attached hydrogen (secondary N) is 2. The number of sulfonamides is 1. The van der Waals surface area contributed by atoms with Crippen molar-refractivity contribution in [1.29, 1.82) is 0 Å². The molecule has 3 aromatic carbocycles. The van der Waals surface area contributed by atoms with Gasteiger partial charge in [-0.3, -0.25) is 9.52 Å². The van der Waals surface area contributed by atoms with E-state index in [0.717, 1.165) is 5.56 Å². The van der Waals surface area contributed by atoms with E-state index in [1.165, 1.54) is 6.07 Å². The van der Waals surface area contributed by atoms with Crippen molar-refractivity contribution in [2.24, 2.45) is 0 Å². The molecule has 0 aliphatic carbocycles. The summed E-state index contributed by atoms with van der Waals surface area (Å²) in [5.41, 5.74) is 2.76. The van der Waals surface area contributed by atoms with Crippen LogP contribution in [0.15, 0.2) is 71.6 Å². The third-order valence-corrected chi connectivity index (χ3v) is 5.99. The summed E-state index contributed by atoms with van der Waals surface area (Å²) < 4.78 is 33.4. The van der Waals surface area contributed by atoms with Gasteiger partial charge in [-0.1, -0.05) is 24.3 Å². The van der Waals surface area contributed by atoms with Crippen LogP contribution < -0.4 is 14.8 Å². The van der Waals surface area contributed by atoms with Crippen molar-refractivity contribution in [2.45, 2.75) is 18.7 Å². The molecule has 3 aromatic rings. The largest absolute Gasteiger partial charge is 0.497 e. The van der Waals surface area contributed by atoms with E-state index in [-0.39, 0.29) is 10.8 Å². The molecular formula is C22H22N2O4S. The first-order valence-electron chi connectivity index (χ1n) is 8.94. The second-order valence-electron chi connectivity index (χ2n) is 6.58. The number of carbonyl (C=O) groups is 1. The fourth-order valence-corrected chi connectivity index (χ4v) is 4.19. The second kappa shape index (κ2) is 8.36. The monoisotopic (exact) mass is 410 g/mol. The Hall–Kier alpha value is -3.32. The van der Waals surface area contributed by atoms with Crippen LogP contribution in [0.4, 0.5) is 11.4 Å². The lowest BCUT2D eigenvalue weighted by Crippen LogP contribution is -2.16. The molecule has 0 saturated heterocycles. The van der Waals surface area contributed by atoms with Gasteiger partial charge >= 0.3 is 0 Å². The van der Waals surface area contributed by atoms with E-state index in [1.54, 1.807) is 62.6 Å². The van der Waals surface area contributed by atoms with E-state index in [1.807, 2.05) is 19.1 Å². The Bertz CT molecular complexity index is 1140. The minimum absolute atomic E-state index is 0.0934. The summed E-state index contributed by atoms with van der Waals surface area (Å²) in [5.74, 6) is 0.337. The smallest absolute Gasteiger partial charge is 0.262 e. The highest BCUT2D eigenvalue weighted by atomic mass is 32.2. The summed E-state index contributed by atoms with van der Waals surface area (Å²) in [6, 6.07) is 18.6. The Morgan fingerprint density at radius 3 is 2.17 bits per heavy atom. The lowest BCUT2D eigenvalue weighted by atomic mass is 10.1. The van der Waals surface area contributed by atoms with Crippen molar-refractivity contribution in [3.8, 4) is 5.75 Å². The van der Waals surface area contributed by atoms with E-state index < -0.39 is 10.0 Å². The summed E-state index contributed by atoms with van der Waals surface area (Å²) in [6.07, 6.45) is 0. The fourth-order valence-electron chi connectivity index (χ4n) is 2.86. The first-order valence-corrected chi connectivity index (χ1v) is 10.4. The molecule has 0 fully saturated rings. The Morgan fingerprint density at radius 1 is 0.862 bits per heavy atom. The molecule has 0 spiro atoms. The van der Waals surface area contributed by atoms with Crippen LogP contribution in [0, 0.1) is 13.8 Å². The van der Waals surface area contributed by atoms with Crippen LogP contribution in [-0.4, -0.2) is 21.4 Å². The average Bonchev–Trinajstić information content (AvgIpc) is 2.70. The van der Waals surface area contributed by atoms with E-state index in [9.17, 15) is 13.2 Å². The van der Waals surface area contributed by atoms with Crippen molar-refractivity contribution in [3.05, 3.63) is 83.4 Å². The van der Waals surface area contributed by atoms with Crippen molar-refractivity contribution in [2.75, 3.05) is 17.1 Å². The molecule has 150 valence electrons. The molecule has 1 amide bonds. The van der Waals surface area contributed by atoms with Crippen molar-refractivity contribution in [3.63, 3.8) is 0 Å². The number of carbonyl (C=O) groups excluding carboxylic acids is 1. The summed E-state index contributed by atoms with van der Waals surface area (Å²) >= 11 is 0. The van der Waals surface area contributed by atoms with Gasteiger partial charge in [-0.05, 0) is 67.4 Å². The molecule has 2 N–H and O–H groups in total. The molecule has 7 heteroatoms. The zero-order valence-corrected chi connectivity index (χ0v) is 17.2. The van der Waals surface area contributed by atoms with Gasteiger partial charge in [0.2, 0.25) is 0 Å². The number of hydrogen-bond acceptors (Lipinski definition) is 4. The van der Waals surface area contributed by atoms with E-state index in [4.69, 9.17) is 4.74 Å². The number of hydrogen-bond donors (Lipinski definition) is 2. The minimum atomic E-state index is -3.84. The maximum absolute atomic E-state index is 12.9. The molecule has 0 aliphatic rings. The summed E-state index contributed by atoms with van der Waals surface area (Å²) in [6.45, 7) is 3.55. The maximum Gasteiger partial charge on any atom is 0.262 e. The highest BCUT2D eigenvalue weighted by molar-refractivity contribution is 7.92. The van der Waals surface area contributed by atoms with Gasteiger partial charge in [-0.2, -0.15) is 0 Å². The molecule has 0 atom stereocenters. The van der Waals surface area contributed by atoms with Gasteiger partial charge in [0.05, 0.1) is 12.0 Å². The van der Waals surface area contributed by atoms with Gasteiger partial charge in [-0.15, -0.1) is 0 Å². The Balaban J connectivity index is 1.85. The Kier molecular flexibility index (Phi) is 5.89. The molecule has 0 heterocycles. The van der Waals surface area contributed by atoms with Crippen molar-refractivity contribution in [1.82, 2.24) is 0 Å². The van der Waals surface area contributed by atoms with Crippen molar-refractivity contribution >= 4 is 27.3 Å². The normalized spacial score (nSPS) is 11.0. The Labute approximate surface area is 170 Å². The number of amides is 1.